The second-order valence-electron chi connectivity index (χ2n) is 7.76. The first-order valence-electron chi connectivity index (χ1n) is 10.3. The maximum atomic E-state index is 12.5. The largest absolute Gasteiger partial charge is 0.445 e. The third-order valence-electron chi connectivity index (χ3n) is 5.16. The smallest absolute Gasteiger partial charge is 0.408 e. The Hall–Kier alpha value is -2.09. The van der Waals surface area contributed by atoms with Crippen molar-refractivity contribution in [2.24, 2.45) is 5.92 Å². The number of hydrogen-bond donors (Lipinski definition) is 2. The molecule has 0 heterocycles. The van der Waals surface area contributed by atoms with Gasteiger partial charge < -0.3 is 15.4 Å². The lowest BCUT2D eigenvalue weighted by Crippen LogP contribution is -2.48. The molecule has 1 unspecified atom stereocenters. The van der Waals surface area contributed by atoms with E-state index in [1.807, 2.05) is 30.3 Å². The van der Waals surface area contributed by atoms with Gasteiger partial charge in [-0.25, -0.2) is 13.2 Å². The molecule has 1 aliphatic rings. The molecule has 162 valence electrons. The molecule has 2 N–H and O–H groups in total. The minimum Gasteiger partial charge on any atom is -0.445 e. The first-order chi connectivity index (χ1) is 13.8. The molecule has 29 heavy (non-hydrogen) atoms. The van der Waals surface area contributed by atoms with Crippen LogP contribution in [0.3, 0.4) is 0 Å². The van der Waals surface area contributed by atoms with E-state index in [-0.39, 0.29) is 24.7 Å². The normalized spacial score (nSPS) is 15.6. The maximum Gasteiger partial charge on any atom is 0.408 e. The molecule has 7 nitrogen and oxygen atoms in total. The predicted octanol–water partition coefficient (Wildman–Crippen LogP) is 2.80. The molecule has 1 aromatic rings. The Kier molecular flexibility index (Phi) is 9.44. The number of ether oxygens (including phenoxy) is 1. The van der Waals surface area contributed by atoms with Gasteiger partial charge in [0.15, 0.2) is 0 Å². The number of nitrogens with one attached hydrogen (secondary N) is 2. The van der Waals surface area contributed by atoms with Crippen molar-refractivity contribution in [3.05, 3.63) is 35.9 Å². The summed E-state index contributed by atoms with van der Waals surface area (Å²) >= 11 is 0. The van der Waals surface area contributed by atoms with Gasteiger partial charge in [-0.15, -0.1) is 0 Å². The van der Waals surface area contributed by atoms with Crippen LogP contribution in [-0.2, 0) is 26.0 Å². The minimum absolute atomic E-state index is 0.00767. The molecule has 2 rings (SSSR count). The SMILES string of the molecule is CS(=O)(=O)CCC(NC(=O)OCc1ccccc1)C(=O)NCCCC1CCCC1. The third-order valence-corrected chi connectivity index (χ3v) is 6.14. The quantitative estimate of drug-likeness (QED) is 0.532. The lowest BCUT2D eigenvalue weighted by Gasteiger charge is -2.18. The van der Waals surface area contributed by atoms with Crippen molar-refractivity contribution in [2.75, 3.05) is 18.6 Å². The van der Waals surface area contributed by atoms with Crippen LogP contribution >= 0.6 is 0 Å². The van der Waals surface area contributed by atoms with Gasteiger partial charge in [-0.3, -0.25) is 4.79 Å². The molecule has 0 spiro atoms. The summed E-state index contributed by atoms with van der Waals surface area (Å²) in [6.07, 6.45) is 7.45. The van der Waals surface area contributed by atoms with Crippen LogP contribution in [0.2, 0.25) is 0 Å². The van der Waals surface area contributed by atoms with E-state index >= 15 is 0 Å². The highest BCUT2D eigenvalue weighted by molar-refractivity contribution is 7.90. The highest BCUT2D eigenvalue weighted by Gasteiger charge is 2.23. The highest BCUT2D eigenvalue weighted by Crippen LogP contribution is 2.28. The van der Waals surface area contributed by atoms with Gasteiger partial charge in [0.1, 0.15) is 22.5 Å². The van der Waals surface area contributed by atoms with Crippen molar-refractivity contribution in [3.63, 3.8) is 0 Å². The van der Waals surface area contributed by atoms with Gasteiger partial charge in [-0.05, 0) is 30.7 Å². The average molecular weight is 425 g/mol. The Bertz CT molecular complexity index is 746. The summed E-state index contributed by atoms with van der Waals surface area (Å²) in [5.41, 5.74) is 0.826. The van der Waals surface area contributed by atoms with E-state index in [1.165, 1.54) is 25.7 Å². The molecule has 0 aliphatic heterocycles. The molecule has 0 saturated heterocycles. The molecule has 1 aromatic carbocycles. The van der Waals surface area contributed by atoms with Crippen LogP contribution in [0.5, 0.6) is 0 Å². The zero-order valence-corrected chi connectivity index (χ0v) is 17.9. The predicted molar refractivity (Wildman–Crippen MR) is 112 cm³/mol. The minimum atomic E-state index is -3.25. The lowest BCUT2D eigenvalue weighted by molar-refractivity contribution is -0.123. The molecule has 0 bridgehead atoms. The van der Waals surface area contributed by atoms with E-state index < -0.39 is 22.0 Å². The Morgan fingerprint density at radius 2 is 1.86 bits per heavy atom. The molecule has 0 aromatic heterocycles. The van der Waals surface area contributed by atoms with Gasteiger partial charge in [-0.1, -0.05) is 56.0 Å². The first-order valence-corrected chi connectivity index (χ1v) is 12.3. The standard InChI is InChI=1S/C21H32N2O5S/c1-29(26,27)15-13-19(20(24)22-14-7-12-17-8-5-6-9-17)23-21(25)28-16-18-10-3-2-4-11-18/h2-4,10-11,17,19H,5-9,12-16H2,1H3,(H,22,24)(H,23,25). The number of hydrogen-bond acceptors (Lipinski definition) is 5. The van der Waals surface area contributed by atoms with Crippen molar-refractivity contribution in [1.82, 2.24) is 10.6 Å². The van der Waals surface area contributed by atoms with Crippen molar-refractivity contribution in [2.45, 2.75) is 57.6 Å². The molecule has 1 atom stereocenters. The van der Waals surface area contributed by atoms with Crippen LogP contribution in [0.1, 0.15) is 50.5 Å². The third kappa shape index (κ3) is 9.78. The summed E-state index contributed by atoms with van der Waals surface area (Å²) in [4.78, 5) is 24.6. The van der Waals surface area contributed by atoms with Gasteiger partial charge in [0.2, 0.25) is 5.91 Å². The zero-order chi connectivity index (χ0) is 21.1. The van der Waals surface area contributed by atoms with Crippen molar-refractivity contribution in [3.8, 4) is 0 Å². The topological polar surface area (TPSA) is 102 Å². The monoisotopic (exact) mass is 424 g/mol. The van der Waals surface area contributed by atoms with Crippen LogP contribution in [0.15, 0.2) is 30.3 Å². The first kappa shape index (κ1) is 23.2. The number of rotatable bonds is 11. The second-order valence-corrected chi connectivity index (χ2v) is 10.0. The molecular weight excluding hydrogens is 392 g/mol. The van der Waals surface area contributed by atoms with Crippen LogP contribution < -0.4 is 10.6 Å². The van der Waals surface area contributed by atoms with E-state index in [9.17, 15) is 18.0 Å². The average Bonchev–Trinajstić information content (AvgIpc) is 3.20. The van der Waals surface area contributed by atoms with Gasteiger partial charge in [-0.2, -0.15) is 0 Å². The molecule has 1 fully saturated rings. The lowest BCUT2D eigenvalue weighted by atomic mass is 10.0. The van der Waals surface area contributed by atoms with Gasteiger partial charge in [0.05, 0.1) is 5.75 Å². The molecule has 2 amide bonds. The number of alkyl carbamates (subject to hydrolysis) is 1. The summed E-state index contributed by atoms with van der Waals surface area (Å²) < 4.78 is 28.1. The van der Waals surface area contributed by atoms with Crippen LogP contribution in [0.25, 0.3) is 0 Å². The van der Waals surface area contributed by atoms with Crippen LogP contribution in [-0.4, -0.2) is 45.0 Å². The molecular formula is C21H32N2O5S. The summed E-state index contributed by atoms with van der Waals surface area (Å²) in [5.74, 6) is 0.183. The Balaban J connectivity index is 1.80. The van der Waals surface area contributed by atoms with E-state index in [1.54, 1.807) is 0 Å². The Labute approximate surface area is 173 Å². The maximum absolute atomic E-state index is 12.5. The Morgan fingerprint density at radius 1 is 1.17 bits per heavy atom. The zero-order valence-electron chi connectivity index (χ0n) is 17.1. The fraction of sp³-hybridized carbons (Fsp3) is 0.619. The van der Waals surface area contributed by atoms with E-state index in [2.05, 4.69) is 10.6 Å². The number of benzene rings is 1. The number of carbonyl (C=O) groups excluding carboxylic acids is 2. The second kappa shape index (κ2) is 11.8. The summed E-state index contributed by atoms with van der Waals surface area (Å²) in [6, 6.07) is 8.24. The summed E-state index contributed by atoms with van der Waals surface area (Å²) in [5, 5.41) is 5.32. The molecule has 0 radical (unpaired) electrons. The fourth-order valence-electron chi connectivity index (χ4n) is 3.53. The van der Waals surface area contributed by atoms with Crippen molar-refractivity contribution in [1.29, 1.82) is 0 Å². The summed E-state index contributed by atoms with van der Waals surface area (Å²) in [7, 11) is -3.25. The molecule has 1 aliphatic carbocycles. The number of carbonyl (C=O) groups is 2. The summed E-state index contributed by atoms with van der Waals surface area (Å²) in [6.45, 7) is 0.597. The van der Waals surface area contributed by atoms with E-state index in [0.717, 1.165) is 30.6 Å². The highest BCUT2D eigenvalue weighted by atomic mass is 32.2. The van der Waals surface area contributed by atoms with E-state index in [4.69, 9.17) is 4.74 Å². The Morgan fingerprint density at radius 3 is 2.52 bits per heavy atom. The van der Waals surface area contributed by atoms with Gasteiger partial charge in [0, 0.05) is 12.8 Å². The van der Waals surface area contributed by atoms with Crippen molar-refractivity contribution >= 4 is 21.8 Å². The van der Waals surface area contributed by atoms with E-state index in [0.29, 0.717) is 6.54 Å². The van der Waals surface area contributed by atoms with Crippen LogP contribution in [0, 0.1) is 5.92 Å². The number of sulfone groups is 1. The number of amides is 2. The van der Waals surface area contributed by atoms with Gasteiger partial charge >= 0.3 is 6.09 Å². The fourth-order valence-corrected chi connectivity index (χ4v) is 4.20. The molecule has 8 heteroatoms. The van der Waals surface area contributed by atoms with Gasteiger partial charge in [0.25, 0.3) is 0 Å². The van der Waals surface area contributed by atoms with Crippen LogP contribution in [0.4, 0.5) is 4.79 Å². The van der Waals surface area contributed by atoms with Crippen molar-refractivity contribution < 1.29 is 22.7 Å². The molecule has 1 saturated carbocycles.